The summed E-state index contributed by atoms with van der Waals surface area (Å²) < 4.78 is 22.1. The number of nitrogens with one attached hydrogen (secondary N) is 1. The summed E-state index contributed by atoms with van der Waals surface area (Å²) in [4.78, 5) is 0. The van der Waals surface area contributed by atoms with E-state index in [2.05, 4.69) is 5.32 Å². The first-order chi connectivity index (χ1) is 6.14. The lowest BCUT2D eigenvalue weighted by Gasteiger charge is -2.22. The maximum Gasteiger partial charge on any atom is 0.150 e. The molecule has 1 heterocycles. The molecule has 0 atom stereocenters. The Morgan fingerprint density at radius 2 is 1.92 bits per heavy atom. The van der Waals surface area contributed by atoms with E-state index in [9.17, 15) is 8.42 Å². The van der Waals surface area contributed by atoms with Gasteiger partial charge in [-0.3, -0.25) is 0 Å². The fourth-order valence-corrected chi connectivity index (χ4v) is 2.97. The molecule has 1 rings (SSSR count). The average molecular weight is 207 g/mol. The van der Waals surface area contributed by atoms with E-state index in [4.69, 9.17) is 5.11 Å². The molecular formula is C8H17NO3S. The molecule has 1 aliphatic heterocycles. The molecule has 0 aliphatic carbocycles. The molecule has 4 nitrogen and oxygen atoms in total. The van der Waals surface area contributed by atoms with Gasteiger partial charge in [0.2, 0.25) is 0 Å². The van der Waals surface area contributed by atoms with E-state index >= 15 is 0 Å². The van der Waals surface area contributed by atoms with Gasteiger partial charge < -0.3 is 10.4 Å². The Morgan fingerprint density at radius 1 is 1.31 bits per heavy atom. The number of rotatable bonds is 4. The lowest BCUT2D eigenvalue weighted by molar-refractivity contribution is 0.282. The molecule has 0 unspecified atom stereocenters. The van der Waals surface area contributed by atoms with Gasteiger partial charge in [-0.1, -0.05) is 0 Å². The van der Waals surface area contributed by atoms with Gasteiger partial charge in [-0.05, 0) is 25.8 Å². The van der Waals surface area contributed by atoms with Crippen LogP contribution in [-0.4, -0.2) is 44.2 Å². The first kappa shape index (κ1) is 10.9. The second-order valence-electron chi connectivity index (χ2n) is 3.46. The monoisotopic (exact) mass is 207 g/mol. The van der Waals surface area contributed by atoms with Crippen molar-refractivity contribution in [2.24, 2.45) is 0 Å². The minimum atomic E-state index is -2.74. The molecule has 1 aliphatic rings. The molecule has 0 saturated carbocycles. The van der Waals surface area contributed by atoms with E-state index in [1.165, 1.54) is 0 Å². The summed E-state index contributed by atoms with van der Waals surface area (Å²) in [6.45, 7) is 0.971. The van der Waals surface area contributed by atoms with Crippen LogP contribution in [0.3, 0.4) is 0 Å². The number of hydrogen-bond acceptors (Lipinski definition) is 4. The molecule has 78 valence electrons. The van der Waals surface area contributed by atoms with Crippen LogP contribution in [0, 0.1) is 0 Å². The zero-order valence-corrected chi connectivity index (χ0v) is 8.52. The maximum atomic E-state index is 11.1. The Morgan fingerprint density at radius 3 is 2.46 bits per heavy atom. The predicted octanol–water partition coefficient (Wildman–Crippen LogP) is -0.464. The quantitative estimate of drug-likeness (QED) is 0.612. The van der Waals surface area contributed by atoms with Gasteiger partial charge in [0.05, 0.1) is 11.5 Å². The highest BCUT2D eigenvalue weighted by Crippen LogP contribution is 2.11. The van der Waals surface area contributed by atoms with Crippen LogP contribution < -0.4 is 5.32 Å². The predicted molar refractivity (Wildman–Crippen MR) is 51.4 cm³/mol. The van der Waals surface area contributed by atoms with E-state index in [1.54, 1.807) is 0 Å². The summed E-state index contributed by atoms with van der Waals surface area (Å²) >= 11 is 0. The molecule has 0 aromatic rings. The minimum Gasteiger partial charge on any atom is -0.396 e. The molecule has 1 fully saturated rings. The van der Waals surface area contributed by atoms with E-state index in [0.29, 0.717) is 30.4 Å². The molecule has 0 radical (unpaired) electrons. The number of aliphatic hydroxyl groups is 1. The highest BCUT2D eigenvalue weighted by molar-refractivity contribution is 7.91. The second-order valence-corrected chi connectivity index (χ2v) is 5.76. The van der Waals surface area contributed by atoms with Gasteiger partial charge in [-0.15, -0.1) is 0 Å². The van der Waals surface area contributed by atoms with Gasteiger partial charge >= 0.3 is 0 Å². The average Bonchev–Trinajstić information content (AvgIpc) is 2.08. The van der Waals surface area contributed by atoms with E-state index in [1.807, 2.05) is 0 Å². The SMILES string of the molecule is O=S1(=O)CCC(NCCCO)CC1. The number of aliphatic hydroxyl groups excluding tert-OH is 1. The molecule has 0 aromatic heterocycles. The normalized spacial score (nSPS) is 23.2. The van der Waals surface area contributed by atoms with Crippen LogP contribution in [0.2, 0.25) is 0 Å². The topological polar surface area (TPSA) is 66.4 Å². The highest BCUT2D eigenvalue weighted by Gasteiger charge is 2.22. The van der Waals surface area contributed by atoms with Crippen LogP contribution in [0.15, 0.2) is 0 Å². The summed E-state index contributed by atoms with van der Waals surface area (Å²) in [5.74, 6) is 0.619. The van der Waals surface area contributed by atoms with Crippen molar-refractivity contribution in [3.8, 4) is 0 Å². The third kappa shape index (κ3) is 4.06. The van der Waals surface area contributed by atoms with Crippen molar-refractivity contribution >= 4 is 9.84 Å². The van der Waals surface area contributed by atoms with Gasteiger partial charge in [0.1, 0.15) is 9.84 Å². The minimum absolute atomic E-state index is 0.192. The van der Waals surface area contributed by atoms with E-state index < -0.39 is 9.84 Å². The van der Waals surface area contributed by atoms with E-state index in [0.717, 1.165) is 13.0 Å². The van der Waals surface area contributed by atoms with Gasteiger partial charge in [-0.2, -0.15) is 0 Å². The standard InChI is InChI=1S/C8H17NO3S/c10-5-1-4-9-8-2-6-13(11,12)7-3-8/h8-10H,1-7H2. The van der Waals surface area contributed by atoms with Gasteiger partial charge in [0.25, 0.3) is 0 Å². The molecular weight excluding hydrogens is 190 g/mol. The van der Waals surface area contributed by atoms with Crippen LogP contribution in [0.5, 0.6) is 0 Å². The summed E-state index contributed by atoms with van der Waals surface area (Å²) in [6, 6.07) is 0.329. The Labute approximate surface area is 79.3 Å². The summed E-state index contributed by atoms with van der Waals surface area (Å²) in [6.07, 6.45) is 2.17. The van der Waals surface area contributed by atoms with E-state index in [-0.39, 0.29) is 6.61 Å². The molecule has 2 N–H and O–H groups in total. The molecule has 0 spiro atoms. The first-order valence-corrected chi connectivity index (χ1v) is 6.51. The molecule has 0 aromatic carbocycles. The molecule has 0 bridgehead atoms. The van der Waals surface area contributed by atoms with Crippen LogP contribution in [0.1, 0.15) is 19.3 Å². The van der Waals surface area contributed by atoms with Crippen molar-refractivity contribution in [1.82, 2.24) is 5.32 Å². The van der Waals surface area contributed by atoms with Crippen molar-refractivity contribution < 1.29 is 13.5 Å². The van der Waals surface area contributed by atoms with Crippen LogP contribution in [-0.2, 0) is 9.84 Å². The van der Waals surface area contributed by atoms with Gasteiger partial charge in [0, 0.05) is 12.6 Å². The molecule has 5 heteroatoms. The zero-order chi connectivity index (χ0) is 9.73. The van der Waals surface area contributed by atoms with Crippen molar-refractivity contribution in [2.75, 3.05) is 24.7 Å². The second kappa shape index (κ2) is 4.93. The Kier molecular flexibility index (Phi) is 4.15. The smallest absolute Gasteiger partial charge is 0.150 e. The van der Waals surface area contributed by atoms with Crippen molar-refractivity contribution in [2.45, 2.75) is 25.3 Å². The molecule has 1 saturated heterocycles. The Bertz CT molecular complexity index is 224. The fourth-order valence-electron chi connectivity index (χ4n) is 1.48. The first-order valence-electron chi connectivity index (χ1n) is 4.69. The summed E-state index contributed by atoms with van der Waals surface area (Å²) in [5, 5.41) is 11.8. The zero-order valence-electron chi connectivity index (χ0n) is 7.70. The third-order valence-electron chi connectivity index (χ3n) is 2.32. The third-order valence-corrected chi connectivity index (χ3v) is 4.04. The molecule has 13 heavy (non-hydrogen) atoms. The largest absolute Gasteiger partial charge is 0.396 e. The van der Waals surface area contributed by atoms with Crippen molar-refractivity contribution in [3.63, 3.8) is 0 Å². The lowest BCUT2D eigenvalue weighted by atomic mass is 10.1. The Balaban J connectivity index is 2.18. The Hall–Kier alpha value is -0.130. The van der Waals surface area contributed by atoms with Crippen LogP contribution in [0.4, 0.5) is 0 Å². The highest BCUT2D eigenvalue weighted by atomic mass is 32.2. The van der Waals surface area contributed by atoms with Crippen molar-refractivity contribution in [3.05, 3.63) is 0 Å². The maximum absolute atomic E-state index is 11.1. The summed E-state index contributed by atoms with van der Waals surface area (Å²) in [5.41, 5.74) is 0. The van der Waals surface area contributed by atoms with Gasteiger partial charge in [0.15, 0.2) is 0 Å². The number of hydrogen-bond donors (Lipinski definition) is 2. The number of sulfone groups is 1. The van der Waals surface area contributed by atoms with Gasteiger partial charge in [-0.25, -0.2) is 8.42 Å². The van der Waals surface area contributed by atoms with Crippen LogP contribution in [0.25, 0.3) is 0 Å². The fraction of sp³-hybridized carbons (Fsp3) is 1.00. The lowest BCUT2D eigenvalue weighted by Crippen LogP contribution is -2.38. The van der Waals surface area contributed by atoms with Crippen LogP contribution >= 0.6 is 0 Å². The summed E-state index contributed by atoms with van der Waals surface area (Å²) in [7, 11) is -2.74. The van der Waals surface area contributed by atoms with Crippen molar-refractivity contribution in [1.29, 1.82) is 0 Å². The molecule has 0 amide bonds.